The maximum Gasteiger partial charge on any atom is 0.282 e. The van der Waals surface area contributed by atoms with E-state index < -0.39 is 0 Å². The average Bonchev–Trinajstić information content (AvgIpc) is 3.44. The van der Waals surface area contributed by atoms with Gasteiger partial charge in [0.05, 0.1) is 0 Å². The zero-order valence-electron chi connectivity index (χ0n) is 16.9. The fourth-order valence-corrected chi connectivity index (χ4v) is 5.86. The van der Waals surface area contributed by atoms with Crippen molar-refractivity contribution < 1.29 is 9.59 Å². The van der Waals surface area contributed by atoms with Crippen LogP contribution in [0.1, 0.15) is 20.3 Å². The summed E-state index contributed by atoms with van der Waals surface area (Å²) in [4.78, 5) is 39.9. The summed E-state index contributed by atoms with van der Waals surface area (Å²) in [6.07, 6.45) is 1.66. The molecular weight excluding hydrogens is 489 g/mol. The van der Waals surface area contributed by atoms with Crippen LogP contribution in [0.4, 0.5) is 0 Å². The van der Waals surface area contributed by atoms with Crippen molar-refractivity contribution >= 4 is 57.7 Å². The summed E-state index contributed by atoms with van der Waals surface area (Å²) in [5.41, 5.74) is 1.25. The van der Waals surface area contributed by atoms with E-state index >= 15 is 0 Å². The summed E-state index contributed by atoms with van der Waals surface area (Å²) >= 11 is 14.9. The van der Waals surface area contributed by atoms with Crippen LogP contribution in [0.15, 0.2) is 35.2 Å². The molecule has 5 rings (SSSR count). The molecule has 0 unspecified atom stereocenters. The molecule has 4 heterocycles. The van der Waals surface area contributed by atoms with E-state index in [-0.39, 0.29) is 11.8 Å². The van der Waals surface area contributed by atoms with Gasteiger partial charge in [-0.15, -0.1) is 22.7 Å². The number of amides is 2. The molecule has 0 N–H and O–H groups in total. The number of aromatic nitrogens is 2. The molecule has 0 atom stereocenters. The highest BCUT2D eigenvalue weighted by Crippen LogP contribution is 2.30. The molecule has 1 aromatic carbocycles. The van der Waals surface area contributed by atoms with Gasteiger partial charge in [-0.1, -0.05) is 23.2 Å². The molecule has 2 fully saturated rings. The van der Waals surface area contributed by atoms with Crippen molar-refractivity contribution in [3.05, 3.63) is 55.9 Å². The maximum atomic E-state index is 12.8. The molecule has 166 valence electrons. The van der Waals surface area contributed by atoms with Crippen molar-refractivity contribution in [2.45, 2.75) is 6.04 Å². The van der Waals surface area contributed by atoms with Crippen molar-refractivity contribution in [3.8, 4) is 10.6 Å². The third-order valence-electron chi connectivity index (χ3n) is 5.72. The molecule has 0 bridgehead atoms. The third-order valence-corrected chi connectivity index (χ3v) is 7.80. The second-order valence-electron chi connectivity index (χ2n) is 7.73. The van der Waals surface area contributed by atoms with Crippen molar-refractivity contribution in [2.75, 3.05) is 39.3 Å². The average molecular weight is 508 g/mol. The van der Waals surface area contributed by atoms with Gasteiger partial charge in [-0.2, -0.15) is 0 Å². The lowest BCUT2D eigenvalue weighted by atomic mass is 10.1. The van der Waals surface area contributed by atoms with Gasteiger partial charge >= 0.3 is 0 Å². The molecule has 0 radical (unpaired) electrons. The van der Waals surface area contributed by atoms with E-state index in [0.29, 0.717) is 53.0 Å². The molecule has 7 nitrogen and oxygen atoms in total. The lowest BCUT2D eigenvalue weighted by Gasteiger charge is -2.47. The highest BCUT2D eigenvalue weighted by Gasteiger charge is 2.37. The lowest BCUT2D eigenvalue weighted by molar-refractivity contribution is 0.00827. The number of carbonyl (C=O) groups is 2. The van der Waals surface area contributed by atoms with Gasteiger partial charge in [-0.05, 0) is 18.2 Å². The second-order valence-corrected chi connectivity index (χ2v) is 10.4. The van der Waals surface area contributed by atoms with Gasteiger partial charge in [0.15, 0.2) is 5.01 Å². The van der Waals surface area contributed by atoms with E-state index in [1.807, 2.05) is 15.2 Å². The molecular formula is C21H19Cl2N5O2S2. The van der Waals surface area contributed by atoms with Gasteiger partial charge in [-0.3, -0.25) is 14.5 Å². The molecule has 2 aromatic heterocycles. The molecule has 0 saturated carbocycles. The molecule has 0 spiro atoms. The van der Waals surface area contributed by atoms with E-state index in [1.165, 1.54) is 22.7 Å². The Kier molecular flexibility index (Phi) is 6.18. The Morgan fingerprint density at radius 3 is 2.31 bits per heavy atom. The van der Waals surface area contributed by atoms with Crippen LogP contribution >= 0.6 is 45.9 Å². The summed E-state index contributed by atoms with van der Waals surface area (Å²) in [7, 11) is 0. The van der Waals surface area contributed by atoms with Crippen molar-refractivity contribution in [1.29, 1.82) is 0 Å². The number of halogens is 2. The first-order valence-electron chi connectivity index (χ1n) is 10.1. The maximum absolute atomic E-state index is 12.8. The smallest absolute Gasteiger partial charge is 0.282 e. The first kappa shape index (κ1) is 21.8. The Morgan fingerprint density at radius 1 is 0.938 bits per heavy atom. The largest absolute Gasteiger partial charge is 0.334 e. The first-order valence-corrected chi connectivity index (χ1v) is 12.6. The first-order chi connectivity index (χ1) is 15.5. The Morgan fingerprint density at radius 2 is 1.66 bits per heavy atom. The number of likely N-dealkylation sites (tertiary alicyclic amines) is 1. The number of carbonyl (C=O) groups excluding carboxylic acids is 2. The molecule has 2 aliphatic heterocycles. The number of thiazole rings is 2. The summed E-state index contributed by atoms with van der Waals surface area (Å²) in [6.45, 7) is 4.33. The SMILES string of the molecule is O=C(c1csc(-c2cc(Cl)cc(Cl)c2)n1)N1CC(N2CCN(C(=O)c3nccs3)CC2)C1. The summed E-state index contributed by atoms with van der Waals surface area (Å²) in [6, 6.07) is 5.57. The van der Waals surface area contributed by atoms with E-state index in [2.05, 4.69) is 14.9 Å². The fraction of sp³-hybridized carbons (Fsp3) is 0.333. The van der Waals surface area contributed by atoms with Gasteiger partial charge in [0.1, 0.15) is 10.7 Å². The quantitative estimate of drug-likeness (QED) is 0.536. The number of nitrogens with zero attached hydrogens (tertiary/aromatic N) is 5. The molecule has 0 aliphatic carbocycles. The minimum absolute atomic E-state index is 0.00499. The Balaban J connectivity index is 1.14. The highest BCUT2D eigenvalue weighted by molar-refractivity contribution is 7.13. The summed E-state index contributed by atoms with van der Waals surface area (Å²) in [5.74, 6) is -0.0557. The van der Waals surface area contributed by atoms with Gasteiger partial charge in [-0.25, -0.2) is 9.97 Å². The summed E-state index contributed by atoms with van der Waals surface area (Å²) in [5, 5.41) is 5.93. The van der Waals surface area contributed by atoms with Crippen molar-refractivity contribution in [3.63, 3.8) is 0 Å². The van der Waals surface area contributed by atoms with Gasteiger partial charge in [0.2, 0.25) is 0 Å². The summed E-state index contributed by atoms with van der Waals surface area (Å²) < 4.78 is 0. The second kappa shape index (κ2) is 9.07. The third kappa shape index (κ3) is 4.40. The van der Waals surface area contributed by atoms with Crippen molar-refractivity contribution in [2.24, 2.45) is 0 Å². The predicted octanol–water partition coefficient (Wildman–Crippen LogP) is 3.86. The Labute approximate surface area is 203 Å². The van der Waals surface area contributed by atoms with Crippen LogP contribution in [0, 0.1) is 0 Å². The number of rotatable bonds is 4. The topological polar surface area (TPSA) is 69.6 Å². The molecule has 2 saturated heterocycles. The van der Waals surface area contributed by atoms with E-state index in [4.69, 9.17) is 23.2 Å². The predicted molar refractivity (Wildman–Crippen MR) is 127 cm³/mol. The molecule has 32 heavy (non-hydrogen) atoms. The standard InChI is InChI=1S/C21H19Cl2N5O2S2/c22-14-7-13(8-15(23)9-14)18-25-17(12-32-18)20(29)28-10-16(11-28)26-2-4-27(5-3-26)21(30)19-24-1-6-31-19/h1,6-9,12,16H,2-5,10-11H2. The van der Waals surface area contributed by atoms with E-state index in [9.17, 15) is 9.59 Å². The lowest BCUT2D eigenvalue weighted by Crippen LogP contribution is -2.64. The molecule has 2 aliphatic rings. The minimum atomic E-state index is -0.0607. The number of benzene rings is 1. The molecule has 2 amide bonds. The monoisotopic (exact) mass is 507 g/mol. The van der Waals surface area contributed by atoms with Crippen LogP contribution < -0.4 is 0 Å². The van der Waals surface area contributed by atoms with Crippen LogP contribution in [0.3, 0.4) is 0 Å². The minimum Gasteiger partial charge on any atom is -0.334 e. The Hall–Kier alpha value is -2.04. The zero-order chi connectivity index (χ0) is 22.2. The van der Waals surface area contributed by atoms with Crippen LogP contribution in [-0.2, 0) is 0 Å². The van der Waals surface area contributed by atoms with Crippen LogP contribution in [-0.4, -0.2) is 81.8 Å². The number of hydrogen-bond donors (Lipinski definition) is 0. The normalized spacial score (nSPS) is 17.4. The molecule has 11 heteroatoms. The molecule has 3 aromatic rings. The van der Waals surface area contributed by atoms with E-state index in [0.717, 1.165) is 23.7 Å². The van der Waals surface area contributed by atoms with Gasteiger partial charge in [0.25, 0.3) is 11.8 Å². The van der Waals surface area contributed by atoms with Crippen LogP contribution in [0.25, 0.3) is 10.6 Å². The number of piperazine rings is 1. The van der Waals surface area contributed by atoms with Gasteiger partial charge < -0.3 is 9.80 Å². The number of hydrogen-bond acceptors (Lipinski definition) is 7. The Bertz CT molecular complexity index is 1120. The van der Waals surface area contributed by atoms with Crippen LogP contribution in [0.2, 0.25) is 10.0 Å². The fourth-order valence-electron chi connectivity index (χ4n) is 3.95. The van der Waals surface area contributed by atoms with Crippen molar-refractivity contribution in [1.82, 2.24) is 24.7 Å². The highest BCUT2D eigenvalue weighted by atomic mass is 35.5. The van der Waals surface area contributed by atoms with Crippen LogP contribution in [0.5, 0.6) is 0 Å². The van der Waals surface area contributed by atoms with E-state index in [1.54, 1.807) is 29.8 Å². The zero-order valence-corrected chi connectivity index (χ0v) is 20.1. The van der Waals surface area contributed by atoms with Gasteiger partial charge in [0, 0.05) is 77.9 Å².